The SMILES string of the molecule is COCC(C)NC(N)=NCC(C)c1ncc(C)s1. The van der Waals surface area contributed by atoms with Crippen LogP contribution < -0.4 is 11.1 Å². The minimum absolute atomic E-state index is 0.163. The van der Waals surface area contributed by atoms with Crippen molar-refractivity contribution >= 4 is 17.3 Å². The number of ether oxygens (including phenoxy) is 1. The normalized spacial score (nSPS) is 15.4. The van der Waals surface area contributed by atoms with Gasteiger partial charge in [-0.1, -0.05) is 6.92 Å². The van der Waals surface area contributed by atoms with E-state index in [9.17, 15) is 0 Å². The van der Waals surface area contributed by atoms with Gasteiger partial charge in [0.1, 0.15) is 0 Å². The molecule has 2 atom stereocenters. The van der Waals surface area contributed by atoms with Gasteiger partial charge in [-0.25, -0.2) is 4.98 Å². The van der Waals surface area contributed by atoms with Gasteiger partial charge in [0.15, 0.2) is 5.96 Å². The molecule has 0 aliphatic rings. The maximum Gasteiger partial charge on any atom is 0.188 e. The lowest BCUT2D eigenvalue weighted by Crippen LogP contribution is -2.40. The van der Waals surface area contributed by atoms with Crippen LogP contribution in [0.2, 0.25) is 0 Å². The van der Waals surface area contributed by atoms with Crippen molar-refractivity contribution in [2.45, 2.75) is 32.7 Å². The van der Waals surface area contributed by atoms with E-state index in [2.05, 4.69) is 29.1 Å². The fourth-order valence-corrected chi connectivity index (χ4v) is 2.32. The molecule has 1 aromatic heterocycles. The molecule has 2 unspecified atom stereocenters. The van der Waals surface area contributed by atoms with Gasteiger partial charge in [-0.2, -0.15) is 0 Å². The third-order valence-electron chi connectivity index (χ3n) is 2.41. The molecule has 0 aromatic carbocycles. The topological polar surface area (TPSA) is 72.5 Å². The van der Waals surface area contributed by atoms with Gasteiger partial charge in [0.25, 0.3) is 0 Å². The van der Waals surface area contributed by atoms with Crippen molar-refractivity contribution in [2.24, 2.45) is 10.7 Å². The van der Waals surface area contributed by atoms with E-state index < -0.39 is 0 Å². The molecule has 1 aromatic rings. The van der Waals surface area contributed by atoms with E-state index in [0.717, 1.165) is 5.01 Å². The largest absolute Gasteiger partial charge is 0.383 e. The second kappa shape index (κ2) is 7.33. The molecule has 18 heavy (non-hydrogen) atoms. The number of nitrogens with one attached hydrogen (secondary N) is 1. The van der Waals surface area contributed by atoms with Gasteiger partial charge in [0.05, 0.1) is 18.2 Å². The molecule has 3 N–H and O–H groups in total. The van der Waals surface area contributed by atoms with Crippen LogP contribution >= 0.6 is 11.3 Å². The van der Waals surface area contributed by atoms with Gasteiger partial charge < -0.3 is 15.8 Å². The quantitative estimate of drug-likeness (QED) is 0.607. The van der Waals surface area contributed by atoms with Crippen molar-refractivity contribution in [3.05, 3.63) is 16.1 Å². The summed E-state index contributed by atoms with van der Waals surface area (Å²) in [4.78, 5) is 9.90. The van der Waals surface area contributed by atoms with E-state index in [4.69, 9.17) is 10.5 Å². The summed E-state index contributed by atoms with van der Waals surface area (Å²) in [6.07, 6.45) is 1.89. The molecule has 1 rings (SSSR count). The minimum Gasteiger partial charge on any atom is -0.383 e. The lowest BCUT2D eigenvalue weighted by atomic mass is 10.2. The maximum absolute atomic E-state index is 5.80. The van der Waals surface area contributed by atoms with Crippen LogP contribution in [-0.4, -0.2) is 37.2 Å². The van der Waals surface area contributed by atoms with Crippen LogP contribution in [0.1, 0.15) is 29.7 Å². The van der Waals surface area contributed by atoms with Crippen LogP contribution in [0.25, 0.3) is 0 Å². The Morgan fingerprint density at radius 2 is 2.33 bits per heavy atom. The van der Waals surface area contributed by atoms with Crippen LogP contribution in [0.4, 0.5) is 0 Å². The zero-order valence-corrected chi connectivity index (χ0v) is 12.3. The van der Waals surface area contributed by atoms with E-state index in [1.165, 1.54) is 4.88 Å². The third-order valence-corrected chi connectivity index (χ3v) is 3.55. The predicted octanol–water partition coefficient (Wildman–Crippen LogP) is 1.49. The standard InChI is InChI=1S/C12H22N4OS/c1-8(11-14-6-10(3)18-11)5-15-12(13)16-9(2)7-17-4/h6,8-9H,5,7H2,1-4H3,(H3,13,15,16). The molecule has 6 heteroatoms. The van der Waals surface area contributed by atoms with Crippen molar-refractivity contribution < 1.29 is 4.74 Å². The lowest BCUT2D eigenvalue weighted by Gasteiger charge is -2.13. The second-order valence-electron chi connectivity index (χ2n) is 4.44. The number of hydrogen-bond acceptors (Lipinski definition) is 4. The fourth-order valence-electron chi connectivity index (χ4n) is 1.50. The van der Waals surface area contributed by atoms with Crippen LogP contribution in [0.15, 0.2) is 11.2 Å². The van der Waals surface area contributed by atoms with E-state index >= 15 is 0 Å². The monoisotopic (exact) mass is 270 g/mol. The first-order chi connectivity index (χ1) is 8.52. The Hall–Kier alpha value is -1.14. The maximum atomic E-state index is 5.80. The molecular weight excluding hydrogens is 248 g/mol. The van der Waals surface area contributed by atoms with E-state index in [1.807, 2.05) is 13.1 Å². The summed E-state index contributed by atoms with van der Waals surface area (Å²) in [6, 6.07) is 0.163. The van der Waals surface area contributed by atoms with Crippen LogP contribution in [0, 0.1) is 6.92 Å². The zero-order valence-electron chi connectivity index (χ0n) is 11.4. The van der Waals surface area contributed by atoms with E-state index in [-0.39, 0.29) is 6.04 Å². The van der Waals surface area contributed by atoms with Crippen molar-refractivity contribution in [1.82, 2.24) is 10.3 Å². The first kappa shape index (κ1) is 14.9. The molecular formula is C12H22N4OS. The molecule has 102 valence electrons. The number of hydrogen-bond donors (Lipinski definition) is 2. The number of rotatable bonds is 6. The van der Waals surface area contributed by atoms with Gasteiger partial charge in [-0.3, -0.25) is 4.99 Å². The van der Waals surface area contributed by atoms with Crippen LogP contribution in [0.5, 0.6) is 0 Å². The summed E-state index contributed by atoms with van der Waals surface area (Å²) in [6.45, 7) is 7.41. The van der Waals surface area contributed by atoms with Gasteiger partial charge in [0, 0.05) is 30.1 Å². The molecule has 0 aliphatic heterocycles. The summed E-state index contributed by atoms with van der Waals surface area (Å²) in [5.41, 5.74) is 5.80. The summed E-state index contributed by atoms with van der Waals surface area (Å²) in [7, 11) is 1.67. The summed E-state index contributed by atoms with van der Waals surface area (Å²) < 4.78 is 5.02. The Bertz CT molecular complexity index is 391. The Morgan fingerprint density at radius 1 is 1.61 bits per heavy atom. The molecule has 0 saturated heterocycles. The number of aliphatic imine (C=N–C) groups is 1. The molecule has 0 fully saturated rings. The van der Waals surface area contributed by atoms with E-state index in [0.29, 0.717) is 25.0 Å². The summed E-state index contributed by atoms with van der Waals surface area (Å²) in [5.74, 6) is 0.751. The van der Waals surface area contributed by atoms with Crippen molar-refractivity contribution in [2.75, 3.05) is 20.3 Å². The van der Waals surface area contributed by atoms with Crippen LogP contribution in [-0.2, 0) is 4.74 Å². The number of nitrogens with two attached hydrogens (primary N) is 1. The minimum atomic E-state index is 0.163. The highest BCUT2D eigenvalue weighted by Gasteiger charge is 2.09. The number of nitrogens with zero attached hydrogens (tertiary/aromatic N) is 2. The Labute approximate surface area is 112 Å². The van der Waals surface area contributed by atoms with Crippen LogP contribution in [0.3, 0.4) is 0 Å². The molecule has 0 amide bonds. The Balaban J connectivity index is 2.42. The first-order valence-corrected chi connectivity index (χ1v) is 6.82. The highest BCUT2D eigenvalue weighted by atomic mass is 32.1. The molecule has 0 spiro atoms. The highest BCUT2D eigenvalue weighted by molar-refractivity contribution is 7.11. The molecule has 1 heterocycles. The predicted molar refractivity (Wildman–Crippen MR) is 76.2 cm³/mol. The molecule has 5 nitrogen and oxygen atoms in total. The number of aromatic nitrogens is 1. The summed E-state index contributed by atoms with van der Waals surface area (Å²) >= 11 is 1.71. The van der Waals surface area contributed by atoms with Gasteiger partial charge in [-0.05, 0) is 13.8 Å². The summed E-state index contributed by atoms with van der Waals surface area (Å²) in [5, 5.41) is 4.18. The van der Waals surface area contributed by atoms with Crippen molar-refractivity contribution in [3.8, 4) is 0 Å². The third kappa shape index (κ3) is 5.01. The van der Waals surface area contributed by atoms with Gasteiger partial charge in [-0.15, -0.1) is 11.3 Å². The van der Waals surface area contributed by atoms with E-state index in [1.54, 1.807) is 18.4 Å². The smallest absolute Gasteiger partial charge is 0.188 e. The molecule has 0 aliphatic carbocycles. The average molecular weight is 270 g/mol. The fraction of sp³-hybridized carbons (Fsp3) is 0.667. The second-order valence-corrected chi connectivity index (χ2v) is 5.70. The number of methoxy groups -OCH3 is 1. The number of guanidine groups is 1. The molecule has 0 radical (unpaired) electrons. The average Bonchev–Trinajstić information content (AvgIpc) is 2.73. The van der Waals surface area contributed by atoms with Gasteiger partial charge in [0.2, 0.25) is 0 Å². The van der Waals surface area contributed by atoms with Crippen molar-refractivity contribution in [3.63, 3.8) is 0 Å². The highest BCUT2D eigenvalue weighted by Crippen LogP contribution is 2.20. The number of aryl methyl sites for hydroxylation is 1. The lowest BCUT2D eigenvalue weighted by molar-refractivity contribution is 0.179. The zero-order chi connectivity index (χ0) is 13.5. The Morgan fingerprint density at radius 3 is 2.89 bits per heavy atom. The molecule has 0 bridgehead atoms. The first-order valence-electron chi connectivity index (χ1n) is 6.00. The van der Waals surface area contributed by atoms with Gasteiger partial charge >= 0.3 is 0 Å². The molecule has 0 saturated carbocycles. The Kier molecular flexibility index (Phi) is 6.07. The van der Waals surface area contributed by atoms with Crippen molar-refractivity contribution in [1.29, 1.82) is 0 Å². The number of thiazole rings is 1.